The number of rotatable bonds is 6. The van der Waals surface area contributed by atoms with Crippen LogP contribution in [-0.2, 0) is 11.3 Å². The number of nitrogen functional groups attached to an aromatic ring is 1. The van der Waals surface area contributed by atoms with E-state index in [1.54, 1.807) is 12.1 Å². The van der Waals surface area contributed by atoms with E-state index in [-0.39, 0.29) is 11.9 Å². The fourth-order valence-corrected chi connectivity index (χ4v) is 6.17. The molecule has 1 aliphatic carbocycles. The first kappa shape index (κ1) is 30.7. The summed E-state index contributed by atoms with van der Waals surface area (Å²) in [5, 5.41) is 16.9. The van der Waals surface area contributed by atoms with E-state index in [1.165, 1.54) is 12.4 Å². The highest BCUT2D eigenvalue weighted by Gasteiger charge is 2.30. The van der Waals surface area contributed by atoms with Crippen molar-refractivity contribution in [3.05, 3.63) is 65.2 Å². The van der Waals surface area contributed by atoms with Gasteiger partial charge in [-0.3, -0.25) is 9.69 Å². The lowest BCUT2D eigenvalue weighted by atomic mass is 9.90. The minimum Gasteiger partial charge on any atom is -0.481 e. The van der Waals surface area contributed by atoms with Crippen LogP contribution in [0.3, 0.4) is 0 Å². The highest BCUT2D eigenvalue weighted by atomic mass is 35.5. The SMILES string of the molecule is CC(=O)O.CN1CCN([C@H]2CC[C@@H](n3nc(-c4ccc(NCc5c(F)cccc5Cl)cc4)c4c(N)ncnc43)CC2)CC1. The summed E-state index contributed by atoms with van der Waals surface area (Å²) in [7, 11) is 2.20. The molecule has 2 aliphatic rings. The number of nitrogens with zero attached hydrogens (tertiary/aromatic N) is 6. The molecule has 12 heteroatoms. The highest BCUT2D eigenvalue weighted by Crippen LogP contribution is 2.37. The quantitative estimate of drug-likeness (QED) is 0.267. The normalized spacial score (nSPS) is 19.5. The Hall–Kier alpha value is -3.80. The number of hydrogen-bond acceptors (Lipinski definition) is 8. The third-order valence-electron chi connectivity index (χ3n) is 8.27. The summed E-state index contributed by atoms with van der Waals surface area (Å²) in [5.41, 5.74) is 10.2. The number of carboxylic acids is 1. The number of nitrogens with one attached hydrogen (secondary N) is 1. The summed E-state index contributed by atoms with van der Waals surface area (Å²) in [5.74, 6) is -0.722. The summed E-state index contributed by atoms with van der Waals surface area (Å²) < 4.78 is 16.2. The Morgan fingerprint density at radius 1 is 1.05 bits per heavy atom. The molecule has 0 bridgehead atoms. The van der Waals surface area contributed by atoms with Crippen molar-refractivity contribution in [1.82, 2.24) is 29.5 Å². The molecule has 10 nitrogen and oxygen atoms in total. The van der Waals surface area contributed by atoms with Crippen LogP contribution in [0.15, 0.2) is 48.8 Å². The van der Waals surface area contributed by atoms with Crippen LogP contribution in [0.4, 0.5) is 15.9 Å². The number of benzene rings is 2. The fourth-order valence-electron chi connectivity index (χ4n) is 5.94. The predicted molar refractivity (Wildman–Crippen MR) is 168 cm³/mol. The van der Waals surface area contributed by atoms with Crippen LogP contribution in [0, 0.1) is 5.82 Å². The van der Waals surface area contributed by atoms with Gasteiger partial charge in [-0.15, -0.1) is 0 Å². The van der Waals surface area contributed by atoms with E-state index in [1.807, 2.05) is 24.3 Å². The number of carboxylic acid groups (broad SMARTS) is 1. The second-order valence-corrected chi connectivity index (χ2v) is 11.6. The maximum Gasteiger partial charge on any atom is 0.300 e. The Bertz CT molecular complexity index is 1520. The first-order valence-electron chi connectivity index (χ1n) is 14.6. The highest BCUT2D eigenvalue weighted by molar-refractivity contribution is 6.31. The number of fused-ring (bicyclic) bond motifs is 1. The molecule has 1 saturated heterocycles. The molecule has 0 atom stereocenters. The minimum absolute atomic E-state index is 0.283. The van der Waals surface area contributed by atoms with Crippen molar-refractivity contribution >= 4 is 40.1 Å². The molecule has 6 rings (SSSR count). The maximum atomic E-state index is 14.1. The fraction of sp³-hybridized carbons (Fsp3) is 0.419. The molecular weight excluding hydrogens is 571 g/mol. The Kier molecular flexibility index (Phi) is 9.74. The standard InChI is InChI=1S/C29H34ClFN8.C2H4O2/c1-37-13-15-38(16-14-37)21-9-11-22(12-10-21)39-29-26(28(32)34-18-35-29)27(36-39)19-5-7-20(8-6-19)33-17-23-24(30)3-2-4-25(23)31;1-2(3)4/h2-8,18,21-22,33H,9-17H2,1H3,(H2,32,34,35);1H3,(H,3,4)/t21-,22+;. The van der Waals surface area contributed by atoms with Gasteiger partial charge in [-0.25, -0.2) is 19.0 Å². The number of nitrogens with two attached hydrogens (primary N) is 1. The van der Waals surface area contributed by atoms with Crippen molar-refractivity contribution in [1.29, 1.82) is 0 Å². The van der Waals surface area contributed by atoms with Crippen molar-refractivity contribution in [2.45, 2.75) is 51.2 Å². The first-order valence-corrected chi connectivity index (χ1v) is 15.0. The second-order valence-electron chi connectivity index (χ2n) is 11.2. The van der Waals surface area contributed by atoms with Gasteiger partial charge in [0.2, 0.25) is 0 Å². The molecule has 0 spiro atoms. The third-order valence-corrected chi connectivity index (χ3v) is 8.63. The number of hydrogen-bond donors (Lipinski definition) is 3. The van der Waals surface area contributed by atoms with Gasteiger partial charge in [0.15, 0.2) is 5.65 Å². The molecule has 2 fully saturated rings. The van der Waals surface area contributed by atoms with Gasteiger partial charge in [-0.1, -0.05) is 29.8 Å². The number of likely N-dealkylation sites (N-methyl/N-ethyl adjacent to an activating group) is 1. The number of piperazine rings is 1. The molecular formula is C31H38ClFN8O2. The van der Waals surface area contributed by atoms with Crippen LogP contribution in [0.5, 0.6) is 0 Å². The van der Waals surface area contributed by atoms with E-state index in [0.717, 1.165) is 86.8 Å². The maximum absolute atomic E-state index is 14.1. The first-order chi connectivity index (χ1) is 20.7. The molecule has 1 saturated carbocycles. The third kappa shape index (κ3) is 7.23. The molecule has 228 valence electrons. The van der Waals surface area contributed by atoms with E-state index in [4.69, 9.17) is 32.3 Å². The Labute approximate surface area is 255 Å². The van der Waals surface area contributed by atoms with Crippen molar-refractivity contribution in [2.75, 3.05) is 44.3 Å². The predicted octanol–water partition coefficient (Wildman–Crippen LogP) is 5.30. The van der Waals surface area contributed by atoms with Crippen LogP contribution in [-0.4, -0.2) is 79.9 Å². The zero-order valence-electron chi connectivity index (χ0n) is 24.5. The molecule has 0 amide bonds. The monoisotopic (exact) mass is 608 g/mol. The molecule has 1 aliphatic heterocycles. The smallest absolute Gasteiger partial charge is 0.300 e. The number of halogens is 2. The number of anilines is 2. The molecule has 0 unspecified atom stereocenters. The van der Waals surface area contributed by atoms with Crippen molar-refractivity contribution in [2.24, 2.45) is 0 Å². The Morgan fingerprint density at radius 3 is 2.35 bits per heavy atom. The topological polar surface area (TPSA) is 125 Å². The van der Waals surface area contributed by atoms with Gasteiger partial charge in [-0.2, -0.15) is 5.10 Å². The summed E-state index contributed by atoms with van der Waals surface area (Å²) in [6.45, 7) is 5.98. The average Bonchev–Trinajstić information content (AvgIpc) is 3.38. The minimum atomic E-state index is -0.833. The summed E-state index contributed by atoms with van der Waals surface area (Å²) >= 11 is 6.17. The lowest BCUT2D eigenvalue weighted by Gasteiger charge is -2.41. The molecule has 2 aromatic heterocycles. The van der Waals surface area contributed by atoms with Gasteiger partial charge in [-0.05, 0) is 57.0 Å². The van der Waals surface area contributed by atoms with E-state index in [0.29, 0.717) is 29.0 Å². The van der Waals surface area contributed by atoms with Gasteiger partial charge in [0, 0.05) is 67.5 Å². The molecule has 3 heterocycles. The van der Waals surface area contributed by atoms with Crippen LogP contribution in [0.25, 0.3) is 22.3 Å². The molecule has 4 aromatic rings. The van der Waals surface area contributed by atoms with Gasteiger partial charge in [0.05, 0.1) is 11.4 Å². The van der Waals surface area contributed by atoms with Crippen molar-refractivity contribution in [3.8, 4) is 11.3 Å². The van der Waals surface area contributed by atoms with Gasteiger partial charge in [0.1, 0.15) is 23.7 Å². The molecule has 0 radical (unpaired) electrons. The Morgan fingerprint density at radius 2 is 1.70 bits per heavy atom. The largest absolute Gasteiger partial charge is 0.481 e. The lowest BCUT2D eigenvalue weighted by Crippen LogP contribution is -2.49. The van der Waals surface area contributed by atoms with Gasteiger partial charge >= 0.3 is 0 Å². The van der Waals surface area contributed by atoms with Gasteiger partial charge < -0.3 is 21.1 Å². The van der Waals surface area contributed by atoms with E-state index in [9.17, 15) is 4.39 Å². The van der Waals surface area contributed by atoms with Crippen molar-refractivity contribution in [3.63, 3.8) is 0 Å². The van der Waals surface area contributed by atoms with E-state index in [2.05, 4.69) is 36.8 Å². The molecule has 4 N–H and O–H groups in total. The zero-order chi connectivity index (χ0) is 30.5. The molecule has 43 heavy (non-hydrogen) atoms. The van der Waals surface area contributed by atoms with Crippen LogP contribution >= 0.6 is 11.6 Å². The Balaban J connectivity index is 0.000000868. The number of aromatic nitrogens is 4. The van der Waals surface area contributed by atoms with E-state index < -0.39 is 5.97 Å². The average molecular weight is 609 g/mol. The zero-order valence-corrected chi connectivity index (χ0v) is 25.3. The number of aliphatic carboxylic acids is 1. The van der Waals surface area contributed by atoms with Crippen molar-refractivity contribution < 1.29 is 14.3 Å². The lowest BCUT2D eigenvalue weighted by molar-refractivity contribution is -0.134. The number of carbonyl (C=O) groups is 1. The van der Waals surface area contributed by atoms with Crippen LogP contribution in [0.2, 0.25) is 5.02 Å². The summed E-state index contributed by atoms with van der Waals surface area (Å²) in [4.78, 5) is 23.0. The van der Waals surface area contributed by atoms with Crippen LogP contribution < -0.4 is 11.1 Å². The summed E-state index contributed by atoms with van der Waals surface area (Å²) in [6.07, 6.45) is 5.99. The van der Waals surface area contributed by atoms with Gasteiger partial charge in [0.25, 0.3) is 5.97 Å². The van der Waals surface area contributed by atoms with Crippen LogP contribution in [0.1, 0.15) is 44.2 Å². The van der Waals surface area contributed by atoms with E-state index >= 15 is 0 Å². The molecule has 2 aromatic carbocycles. The summed E-state index contributed by atoms with van der Waals surface area (Å²) in [6, 6.07) is 13.5. The second kappa shape index (κ2) is 13.7.